The summed E-state index contributed by atoms with van der Waals surface area (Å²) in [6.45, 7) is 5.60. The van der Waals surface area contributed by atoms with Gasteiger partial charge in [0.2, 0.25) is 0 Å². The van der Waals surface area contributed by atoms with E-state index in [1.165, 1.54) is 22.3 Å². The number of aliphatic carboxylic acids is 1. The van der Waals surface area contributed by atoms with Gasteiger partial charge < -0.3 is 5.11 Å². The molecule has 20 heavy (non-hydrogen) atoms. The molecule has 1 aliphatic rings. The lowest BCUT2D eigenvalue weighted by Crippen LogP contribution is -2.29. The molecule has 0 radical (unpaired) electrons. The molecular formula is C18H18O2. The molecule has 0 fully saturated rings. The minimum absolute atomic E-state index is 0.777. The number of carboxylic acid groups (broad SMARTS) is 1. The second kappa shape index (κ2) is 4.20. The highest BCUT2D eigenvalue weighted by molar-refractivity contribution is 5.85. The fourth-order valence-corrected chi connectivity index (χ4v) is 3.05. The van der Waals surface area contributed by atoms with E-state index < -0.39 is 11.4 Å². The summed E-state index contributed by atoms with van der Waals surface area (Å²) in [5.41, 5.74) is 6.09. The molecule has 1 aliphatic carbocycles. The van der Waals surface area contributed by atoms with Crippen LogP contribution in [-0.2, 0) is 16.6 Å². The van der Waals surface area contributed by atoms with Crippen LogP contribution < -0.4 is 0 Å². The SMILES string of the molecule is Cc1cc2c(c(C(C)(C)C(=O)O)c1)Cc1ccccc1-2. The standard InChI is InChI=1S/C18H18O2/c1-11-8-14-13-7-5-4-6-12(13)10-15(14)16(9-11)18(2,3)17(19)20/h4-9H,10H2,1-3H3,(H,19,20). The maximum atomic E-state index is 11.6. The average Bonchev–Trinajstić information content (AvgIpc) is 2.76. The van der Waals surface area contributed by atoms with Gasteiger partial charge in [-0.3, -0.25) is 4.79 Å². The molecule has 0 spiro atoms. The molecule has 2 aromatic rings. The highest BCUT2D eigenvalue weighted by Gasteiger charge is 2.34. The molecule has 102 valence electrons. The molecule has 0 saturated heterocycles. The number of hydrogen-bond donors (Lipinski definition) is 1. The lowest BCUT2D eigenvalue weighted by atomic mass is 9.79. The van der Waals surface area contributed by atoms with E-state index in [0.29, 0.717) is 0 Å². The van der Waals surface area contributed by atoms with Gasteiger partial charge in [0, 0.05) is 0 Å². The summed E-state index contributed by atoms with van der Waals surface area (Å²) in [6.07, 6.45) is 0.831. The first-order valence-electron chi connectivity index (χ1n) is 6.87. The fourth-order valence-electron chi connectivity index (χ4n) is 3.05. The Balaban J connectivity index is 2.27. The van der Waals surface area contributed by atoms with Crippen LogP contribution in [0, 0.1) is 6.92 Å². The number of rotatable bonds is 2. The Bertz CT molecular complexity index is 711. The molecular weight excluding hydrogens is 248 g/mol. The van der Waals surface area contributed by atoms with E-state index in [-0.39, 0.29) is 0 Å². The smallest absolute Gasteiger partial charge is 0.313 e. The highest BCUT2D eigenvalue weighted by atomic mass is 16.4. The summed E-state index contributed by atoms with van der Waals surface area (Å²) in [6, 6.07) is 12.5. The Kier molecular flexibility index (Phi) is 2.72. The van der Waals surface area contributed by atoms with Gasteiger partial charge in [-0.1, -0.05) is 42.0 Å². The molecule has 3 rings (SSSR count). The van der Waals surface area contributed by atoms with Crippen LogP contribution in [0.1, 0.15) is 36.1 Å². The third kappa shape index (κ3) is 1.75. The van der Waals surface area contributed by atoms with Crippen LogP contribution in [0.15, 0.2) is 36.4 Å². The van der Waals surface area contributed by atoms with Crippen molar-refractivity contribution in [3.63, 3.8) is 0 Å². The third-order valence-corrected chi connectivity index (χ3v) is 4.28. The van der Waals surface area contributed by atoms with Gasteiger partial charge in [-0.15, -0.1) is 0 Å². The zero-order valence-electron chi connectivity index (χ0n) is 12.0. The number of hydrogen-bond acceptors (Lipinski definition) is 1. The molecule has 0 amide bonds. The van der Waals surface area contributed by atoms with Gasteiger partial charge in [-0.2, -0.15) is 0 Å². The zero-order valence-corrected chi connectivity index (χ0v) is 12.0. The van der Waals surface area contributed by atoms with Crippen molar-refractivity contribution in [1.82, 2.24) is 0 Å². The molecule has 1 N–H and O–H groups in total. The van der Waals surface area contributed by atoms with Gasteiger partial charge in [0.25, 0.3) is 0 Å². The van der Waals surface area contributed by atoms with Gasteiger partial charge >= 0.3 is 5.97 Å². The lowest BCUT2D eigenvalue weighted by molar-refractivity contribution is -0.142. The molecule has 0 saturated carbocycles. The molecule has 2 aromatic carbocycles. The van der Waals surface area contributed by atoms with Crippen molar-refractivity contribution in [2.45, 2.75) is 32.6 Å². The molecule has 0 bridgehead atoms. The van der Waals surface area contributed by atoms with Gasteiger partial charge in [-0.25, -0.2) is 0 Å². The predicted octanol–water partition coefficient (Wildman–Crippen LogP) is 3.93. The van der Waals surface area contributed by atoms with Gasteiger partial charge in [0.1, 0.15) is 0 Å². The van der Waals surface area contributed by atoms with E-state index in [9.17, 15) is 9.90 Å². The van der Waals surface area contributed by atoms with Gasteiger partial charge in [0.05, 0.1) is 5.41 Å². The molecule has 0 atom stereocenters. The number of fused-ring (bicyclic) bond motifs is 3. The Hall–Kier alpha value is -2.09. The molecule has 2 heteroatoms. The number of carboxylic acids is 1. The largest absolute Gasteiger partial charge is 0.481 e. The summed E-state index contributed by atoms with van der Waals surface area (Å²) in [4.78, 5) is 11.6. The zero-order chi connectivity index (χ0) is 14.5. The van der Waals surface area contributed by atoms with Crippen LogP contribution in [0.3, 0.4) is 0 Å². The van der Waals surface area contributed by atoms with Crippen LogP contribution in [-0.4, -0.2) is 11.1 Å². The first kappa shape index (κ1) is 12.9. The average molecular weight is 266 g/mol. The summed E-state index contributed by atoms with van der Waals surface area (Å²) >= 11 is 0. The normalized spacial score (nSPS) is 12.9. The fraction of sp³-hybridized carbons (Fsp3) is 0.278. The predicted molar refractivity (Wildman–Crippen MR) is 80.1 cm³/mol. The van der Waals surface area contributed by atoms with Crippen molar-refractivity contribution in [3.05, 3.63) is 58.7 Å². The highest BCUT2D eigenvalue weighted by Crippen LogP contribution is 2.42. The van der Waals surface area contributed by atoms with E-state index >= 15 is 0 Å². The van der Waals surface area contributed by atoms with E-state index in [0.717, 1.165) is 17.5 Å². The third-order valence-electron chi connectivity index (χ3n) is 4.28. The minimum Gasteiger partial charge on any atom is -0.481 e. The number of aryl methyl sites for hydroxylation is 1. The first-order valence-corrected chi connectivity index (χ1v) is 6.87. The molecule has 0 unspecified atom stereocenters. The van der Waals surface area contributed by atoms with Crippen LogP contribution in [0.5, 0.6) is 0 Å². The van der Waals surface area contributed by atoms with Crippen molar-refractivity contribution in [2.75, 3.05) is 0 Å². The molecule has 0 heterocycles. The molecule has 2 nitrogen and oxygen atoms in total. The van der Waals surface area contributed by atoms with Crippen LogP contribution in [0.2, 0.25) is 0 Å². The number of benzene rings is 2. The quantitative estimate of drug-likeness (QED) is 0.763. The summed E-state index contributed by atoms with van der Waals surface area (Å²) < 4.78 is 0. The Morgan fingerprint density at radius 1 is 1.15 bits per heavy atom. The topological polar surface area (TPSA) is 37.3 Å². The van der Waals surface area contributed by atoms with E-state index in [4.69, 9.17) is 0 Å². The lowest BCUT2D eigenvalue weighted by Gasteiger charge is -2.24. The number of carbonyl (C=O) groups is 1. The maximum Gasteiger partial charge on any atom is 0.313 e. The van der Waals surface area contributed by atoms with Crippen molar-refractivity contribution in [1.29, 1.82) is 0 Å². The van der Waals surface area contributed by atoms with Crippen LogP contribution in [0.25, 0.3) is 11.1 Å². The monoisotopic (exact) mass is 266 g/mol. The maximum absolute atomic E-state index is 11.6. The Morgan fingerprint density at radius 2 is 1.85 bits per heavy atom. The Morgan fingerprint density at radius 3 is 2.55 bits per heavy atom. The van der Waals surface area contributed by atoms with Crippen molar-refractivity contribution in [2.24, 2.45) is 0 Å². The Labute approximate surface area is 119 Å². The van der Waals surface area contributed by atoms with Crippen molar-refractivity contribution >= 4 is 5.97 Å². The van der Waals surface area contributed by atoms with Crippen molar-refractivity contribution < 1.29 is 9.90 Å². The first-order chi connectivity index (χ1) is 9.41. The van der Waals surface area contributed by atoms with Crippen molar-refractivity contribution in [3.8, 4) is 11.1 Å². The summed E-state index contributed by atoms with van der Waals surface area (Å²) in [5.74, 6) is -0.777. The summed E-state index contributed by atoms with van der Waals surface area (Å²) in [7, 11) is 0. The van der Waals surface area contributed by atoms with Gasteiger partial charge in [-0.05, 0) is 55.0 Å². The minimum atomic E-state index is -0.863. The van der Waals surface area contributed by atoms with Gasteiger partial charge in [0.15, 0.2) is 0 Å². The second-order valence-electron chi connectivity index (χ2n) is 6.10. The summed E-state index contributed by atoms with van der Waals surface area (Å²) in [5, 5.41) is 9.53. The van der Waals surface area contributed by atoms with Crippen LogP contribution in [0.4, 0.5) is 0 Å². The van der Waals surface area contributed by atoms with E-state index in [2.05, 4.69) is 18.2 Å². The molecule has 0 aromatic heterocycles. The van der Waals surface area contributed by atoms with Crippen LogP contribution >= 0.6 is 0 Å². The van der Waals surface area contributed by atoms with E-state index in [1.807, 2.05) is 25.1 Å². The second-order valence-corrected chi connectivity index (χ2v) is 6.10. The molecule has 0 aliphatic heterocycles. The van der Waals surface area contributed by atoms with E-state index in [1.54, 1.807) is 13.8 Å².